The summed E-state index contributed by atoms with van der Waals surface area (Å²) < 4.78 is 26.0. The van der Waals surface area contributed by atoms with E-state index in [1.54, 1.807) is 0 Å². The first kappa shape index (κ1) is 20.9. The van der Waals surface area contributed by atoms with Crippen LogP contribution >= 0.6 is 0 Å². The molecule has 4 unspecified atom stereocenters. The van der Waals surface area contributed by atoms with Crippen LogP contribution in [0.25, 0.3) is 0 Å². The van der Waals surface area contributed by atoms with E-state index in [1.165, 1.54) is 14.2 Å². The molecule has 6 N–H and O–H groups in total. The lowest BCUT2D eigenvalue weighted by Crippen LogP contribution is -2.65. The minimum absolute atomic E-state index is 0.555. The van der Waals surface area contributed by atoms with Crippen molar-refractivity contribution in [2.24, 2.45) is 0 Å². The molecule has 0 aliphatic carbocycles. The highest BCUT2D eigenvalue weighted by Crippen LogP contribution is 2.29. The zero-order chi connectivity index (χ0) is 18.7. The average Bonchev–Trinajstić information content (AvgIpc) is 2.61. The molecule has 2 aliphatic rings. The highest BCUT2D eigenvalue weighted by Gasteiger charge is 2.51. The third-order valence-electron chi connectivity index (χ3n) is 4.44. The van der Waals surface area contributed by atoms with Crippen molar-refractivity contribution >= 4 is 0 Å². The number of rotatable bonds is 6. The Labute approximate surface area is 144 Å². The number of hydrogen-bond acceptors (Lipinski definition) is 11. The van der Waals surface area contributed by atoms with Gasteiger partial charge in [-0.05, 0) is 0 Å². The molecule has 2 heterocycles. The Balaban J connectivity index is 2.16. The standard InChI is InChI=1S/C14H26O11/c1-21-11-7(17)5(3-15)24-14(9(11)19)25-12-8(18)6(4-16)23-13(22-2)10(12)20/h5-20H,3-4H2,1-2H3/t5?,6?,7-,8-,9?,10?,11+,12+,13-,14+/m1/s1. The summed E-state index contributed by atoms with van der Waals surface area (Å²) >= 11 is 0. The smallest absolute Gasteiger partial charge is 0.187 e. The van der Waals surface area contributed by atoms with Crippen molar-refractivity contribution in [3.05, 3.63) is 0 Å². The number of ether oxygens (including phenoxy) is 5. The molecule has 0 saturated carbocycles. The van der Waals surface area contributed by atoms with E-state index < -0.39 is 74.6 Å². The number of aliphatic hydroxyl groups excluding tert-OH is 6. The Hall–Kier alpha value is -0.440. The number of methoxy groups -OCH3 is 2. The van der Waals surface area contributed by atoms with E-state index in [1.807, 2.05) is 0 Å². The molecule has 2 fully saturated rings. The van der Waals surface area contributed by atoms with Gasteiger partial charge in [0.25, 0.3) is 0 Å². The molecular formula is C14H26O11. The van der Waals surface area contributed by atoms with Gasteiger partial charge in [-0.15, -0.1) is 0 Å². The molecule has 2 rings (SSSR count). The van der Waals surface area contributed by atoms with E-state index in [0.29, 0.717) is 0 Å². The van der Waals surface area contributed by atoms with Crippen molar-refractivity contribution < 1.29 is 54.3 Å². The molecule has 0 radical (unpaired) electrons. The lowest BCUT2D eigenvalue weighted by atomic mass is 9.97. The number of aliphatic hydroxyl groups is 6. The zero-order valence-electron chi connectivity index (χ0n) is 13.9. The largest absolute Gasteiger partial charge is 0.394 e. The van der Waals surface area contributed by atoms with Crippen LogP contribution in [0.3, 0.4) is 0 Å². The fraction of sp³-hybridized carbons (Fsp3) is 1.00. The lowest BCUT2D eigenvalue weighted by molar-refractivity contribution is -0.359. The monoisotopic (exact) mass is 370 g/mol. The van der Waals surface area contributed by atoms with Crippen molar-refractivity contribution in [1.29, 1.82) is 0 Å². The van der Waals surface area contributed by atoms with Crippen molar-refractivity contribution in [3.8, 4) is 0 Å². The summed E-state index contributed by atoms with van der Waals surface area (Å²) in [5.41, 5.74) is 0. The van der Waals surface area contributed by atoms with Gasteiger partial charge in [0, 0.05) is 14.2 Å². The lowest BCUT2D eigenvalue weighted by Gasteiger charge is -2.46. The Morgan fingerprint density at radius 1 is 0.680 bits per heavy atom. The van der Waals surface area contributed by atoms with Gasteiger partial charge in [0.05, 0.1) is 13.2 Å². The SMILES string of the molecule is CO[C@@H]1OC(CO)[C@@H](O)[C@H](O[C@@H]2OC(CO)[C@@H](O)[C@H](OC)C2O)C1O. The van der Waals surface area contributed by atoms with Crippen LogP contribution in [0.1, 0.15) is 0 Å². The van der Waals surface area contributed by atoms with Crippen LogP contribution in [0.5, 0.6) is 0 Å². The maximum absolute atomic E-state index is 10.3. The minimum Gasteiger partial charge on any atom is -0.394 e. The Bertz CT molecular complexity index is 394. The van der Waals surface area contributed by atoms with Gasteiger partial charge in [-0.1, -0.05) is 0 Å². The van der Waals surface area contributed by atoms with Crippen molar-refractivity contribution in [2.45, 2.75) is 61.4 Å². The molecule has 2 aliphatic heterocycles. The normalized spacial score (nSPS) is 48.5. The molecule has 2 saturated heterocycles. The second-order valence-electron chi connectivity index (χ2n) is 5.95. The van der Waals surface area contributed by atoms with Crippen LogP contribution < -0.4 is 0 Å². The van der Waals surface area contributed by atoms with Crippen LogP contribution in [0.15, 0.2) is 0 Å². The first-order chi connectivity index (χ1) is 11.9. The van der Waals surface area contributed by atoms with Crippen molar-refractivity contribution in [1.82, 2.24) is 0 Å². The third-order valence-corrected chi connectivity index (χ3v) is 4.44. The molecule has 0 aromatic rings. The first-order valence-electron chi connectivity index (χ1n) is 7.85. The van der Waals surface area contributed by atoms with E-state index in [4.69, 9.17) is 23.7 Å². The van der Waals surface area contributed by atoms with Gasteiger partial charge < -0.3 is 54.3 Å². The predicted octanol–water partition coefficient (Wildman–Crippen LogP) is -4.09. The molecule has 25 heavy (non-hydrogen) atoms. The predicted molar refractivity (Wildman–Crippen MR) is 78.2 cm³/mol. The van der Waals surface area contributed by atoms with E-state index >= 15 is 0 Å². The zero-order valence-corrected chi connectivity index (χ0v) is 13.9. The van der Waals surface area contributed by atoms with E-state index in [9.17, 15) is 30.6 Å². The van der Waals surface area contributed by atoms with Gasteiger partial charge in [0.1, 0.15) is 48.8 Å². The van der Waals surface area contributed by atoms with Gasteiger partial charge in [0.15, 0.2) is 12.6 Å². The topological polar surface area (TPSA) is 168 Å². The van der Waals surface area contributed by atoms with Gasteiger partial charge in [-0.25, -0.2) is 0 Å². The van der Waals surface area contributed by atoms with E-state index in [-0.39, 0.29) is 0 Å². The average molecular weight is 370 g/mol. The van der Waals surface area contributed by atoms with Crippen LogP contribution in [-0.4, -0.2) is 119 Å². The molecule has 11 nitrogen and oxygen atoms in total. The molecule has 10 atom stereocenters. The minimum atomic E-state index is -1.46. The van der Waals surface area contributed by atoms with Gasteiger partial charge in [-0.3, -0.25) is 0 Å². The van der Waals surface area contributed by atoms with Gasteiger partial charge in [0.2, 0.25) is 0 Å². The van der Waals surface area contributed by atoms with Crippen LogP contribution in [0.4, 0.5) is 0 Å². The summed E-state index contributed by atoms with van der Waals surface area (Å²) in [6.07, 6.45) is -12.9. The second kappa shape index (κ2) is 8.97. The fourth-order valence-electron chi connectivity index (χ4n) is 3.01. The maximum Gasteiger partial charge on any atom is 0.187 e. The molecule has 148 valence electrons. The molecular weight excluding hydrogens is 344 g/mol. The highest BCUT2D eigenvalue weighted by atomic mass is 16.7. The van der Waals surface area contributed by atoms with Crippen molar-refractivity contribution in [2.75, 3.05) is 27.4 Å². The van der Waals surface area contributed by atoms with E-state index in [0.717, 1.165) is 0 Å². The quantitative estimate of drug-likeness (QED) is 0.269. The maximum atomic E-state index is 10.3. The summed E-state index contributed by atoms with van der Waals surface area (Å²) in [5.74, 6) is 0. The molecule has 0 spiro atoms. The molecule has 0 aromatic carbocycles. The number of hydrogen-bond donors (Lipinski definition) is 6. The molecule has 0 amide bonds. The van der Waals surface area contributed by atoms with Gasteiger partial charge in [-0.2, -0.15) is 0 Å². The Kier molecular flexibility index (Phi) is 7.49. The summed E-state index contributed by atoms with van der Waals surface area (Å²) in [4.78, 5) is 0. The summed E-state index contributed by atoms with van der Waals surface area (Å²) in [6.45, 7) is -1.12. The molecule has 0 aromatic heterocycles. The molecule has 0 bridgehead atoms. The summed E-state index contributed by atoms with van der Waals surface area (Å²) in [6, 6.07) is 0. The second-order valence-corrected chi connectivity index (χ2v) is 5.95. The Morgan fingerprint density at radius 2 is 1.16 bits per heavy atom. The highest BCUT2D eigenvalue weighted by molar-refractivity contribution is 4.94. The summed E-state index contributed by atoms with van der Waals surface area (Å²) in [7, 11) is 2.52. The Morgan fingerprint density at radius 3 is 1.64 bits per heavy atom. The van der Waals surface area contributed by atoms with Crippen LogP contribution in [-0.2, 0) is 23.7 Å². The first-order valence-corrected chi connectivity index (χ1v) is 7.85. The van der Waals surface area contributed by atoms with Crippen molar-refractivity contribution in [3.63, 3.8) is 0 Å². The van der Waals surface area contributed by atoms with Crippen LogP contribution in [0, 0.1) is 0 Å². The van der Waals surface area contributed by atoms with Gasteiger partial charge >= 0.3 is 0 Å². The molecule has 11 heteroatoms. The summed E-state index contributed by atoms with van der Waals surface area (Å²) in [5, 5.41) is 59.3. The third kappa shape index (κ3) is 4.12. The van der Waals surface area contributed by atoms with E-state index in [2.05, 4.69) is 0 Å². The van der Waals surface area contributed by atoms with Crippen LogP contribution in [0.2, 0.25) is 0 Å². The fourth-order valence-corrected chi connectivity index (χ4v) is 3.01.